The van der Waals surface area contributed by atoms with Crippen molar-refractivity contribution < 1.29 is 4.74 Å². The highest BCUT2D eigenvalue weighted by Gasteiger charge is 2.33. The van der Waals surface area contributed by atoms with Gasteiger partial charge in [0.2, 0.25) is 17.8 Å². The van der Waals surface area contributed by atoms with Crippen molar-refractivity contribution in [3.63, 3.8) is 0 Å². The number of aromatic nitrogens is 3. The molecule has 98 valence electrons. The van der Waals surface area contributed by atoms with Crippen molar-refractivity contribution in [1.29, 1.82) is 0 Å². The lowest BCUT2D eigenvalue weighted by molar-refractivity contribution is 0.122. The van der Waals surface area contributed by atoms with E-state index in [4.69, 9.17) is 10.5 Å². The molecule has 1 aliphatic heterocycles. The molecule has 2 aliphatic rings. The number of rotatable bonds is 3. The van der Waals surface area contributed by atoms with Gasteiger partial charge in [0.05, 0.1) is 13.2 Å². The first kappa shape index (κ1) is 11.5. The molecular formula is C11H18N6O. The third kappa shape index (κ3) is 2.45. The van der Waals surface area contributed by atoms with E-state index in [1.165, 1.54) is 6.42 Å². The fourth-order valence-corrected chi connectivity index (χ4v) is 2.04. The van der Waals surface area contributed by atoms with Crippen LogP contribution in [0.5, 0.6) is 0 Å². The molecule has 3 N–H and O–H groups in total. The van der Waals surface area contributed by atoms with Crippen LogP contribution in [-0.2, 0) is 4.74 Å². The van der Waals surface area contributed by atoms with Crippen molar-refractivity contribution in [2.45, 2.75) is 19.4 Å². The van der Waals surface area contributed by atoms with E-state index in [1.54, 1.807) is 0 Å². The van der Waals surface area contributed by atoms with Crippen molar-refractivity contribution >= 4 is 17.8 Å². The predicted octanol–water partition coefficient (Wildman–Crippen LogP) is 0.111. The minimum absolute atomic E-state index is 0.266. The standard InChI is InChI=1S/C11H18N6O/c1-7-6-8(7)13-10-14-9(12)15-11(16-10)17-2-4-18-5-3-17/h7-8H,2-6H2,1H3,(H3,12,13,14,15,16). The first-order chi connectivity index (χ1) is 8.72. The number of nitrogens with two attached hydrogens (primary N) is 1. The first-order valence-electron chi connectivity index (χ1n) is 6.33. The molecule has 1 saturated heterocycles. The Bertz CT molecular complexity index is 434. The molecule has 0 radical (unpaired) electrons. The molecule has 0 spiro atoms. The van der Waals surface area contributed by atoms with Gasteiger partial charge >= 0.3 is 0 Å². The van der Waals surface area contributed by atoms with Gasteiger partial charge in [-0.1, -0.05) is 6.92 Å². The van der Waals surface area contributed by atoms with Crippen LogP contribution in [-0.4, -0.2) is 47.3 Å². The average molecular weight is 250 g/mol. The van der Waals surface area contributed by atoms with Gasteiger partial charge in [-0.15, -0.1) is 0 Å². The van der Waals surface area contributed by atoms with E-state index < -0.39 is 0 Å². The summed E-state index contributed by atoms with van der Waals surface area (Å²) in [6.07, 6.45) is 1.17. The van der Waals surface area contributed by atoms with Crippen LogP contribution in [0.25, 0.3) is 0 Å². The lowest BCUT2D eigenvalue weighted by Gasteiger charge is -2.26. The number of ether oxygens (including phenoxy) is 1. The lowest BCUT2D eigenvalue weighted by Crippen LogP contribution is -2.37. The Hall–Kier alpha value is -1.63. The molecule has 18 heavy (non-hydrogen) atoms. The maximum absolute atomic E-state index is 5.74. The lowest BCUT2D eigenvalue weighted by atomic mass is 10.4. The van der Waals surface area contributed by atoms with Gasteiger partial charge in [0, 0.05) is 19.1 Å². The smallest absolute Gasteiger partial charge is 0.232 e. The van der Waals surface area contributed by atoms with Crippen LogP contribution in [0.1, 0.15) is 13.3 Å². The summed E-state index contributed by atoms with van der Waals surface area (Å²) in [5.41, 5.74) is 5.74. The zero-order chi connectivity index (χ0) is 12.5. The van der Waals surface area contributed by atoms with Crippen molar-refractivity contribution in [1.82, 2.24) is 15.0 Å². The van der Waals surface area contributed by atoms with Crippen LogP contribution in [0.2, 0.25) is 0 Å². The van der Waals surface area contributed by atoms with E-state index >= 15 is 0 Å². The summed E-state index contributed by atoms with van der Waals surface area (Å²) in [6.45, 7) is 5.19. The molecule has 7 heteroatoms. The molecule has 7 nitrogen and oxygen atoms in total. The van der Waals surface area contributed by atoms with E-state index in [-0.39, 0.29) is 5.95 Å². The van der Waals surface area contributed by atoms with Gasteiger partial charge in [0.15, 0.2) is 0 Å². The molecule has 3 rings (SSSR count). The second kappa shape index (κ2) is 4.56. The van der Waals surface area contributed by atoms with Crippen LogP contribution in [0, 0.1) is 5.92 Å². The molecule has 2 heterocycles. The van der Waals surface area contributed by atoms with E-state index in [9.17, 15) is 0 Å². The number of nitrogens with one attached hydrogen (secondary N) is 1. The number of morpholine rings is 1. The van der Waals surface area contributed by atoms with E-state index in [1.807, 2.05) is 0 Å². The minimum atomic E-state index is 0.266. The molecule has 1 aromatic heterocycles. The number of hydrogen-bond donors (Lipinski definition) is 2. The highest BCUT2D eigenvalue weighted by Crippen LogP contribution is 2.32. The summed E-state index contributed by atoms with van der Waals surface area (Å²) in [5.74, 6) is 2.18. The fourth-order valence-electron chi connectivity index (χ4n) is 2.04. The summed E-state index contributed by atoms with van der Waals surface area (Å²) in [5, 5.41) is 3.29. The normalized spacial score (nSPS) is 27.1. The number of nitrogens with zero attached hydrogens (tertiary/aromatic N) is 4. The second-order valence-corrected chi connectivity index (χ2v) is 4.88. The number of nitrogen functional groups attached to an aromatic ring is 1. The van der Waals surface area contributed by atoms with E-state index in [0.29, 0.717) is 37.1 Å². The molecule has 2 atom stereocenters. The highest BCUT2D eigenvalue weighted by molar-refractivity contribution is 5.43. The average Bonchev–Trinajstić information content (AvgIpc) is 3.05. The van der Waals surface area contributed by atoms with Gasteiger partial charge in [-0.3, -0.25) is 0 Å². The number of anilines is 3. The Balaban J connectivity index is 1.76. The first-order valence-corrected chi connectivity index (χ1v) is 6.33. The molecule has 2 fully saturated rings. The SMILES string of the molecule is CC1CC1Nc1nc(N)nc(N2CCOCC2)n1. The minimum Gasteiger partial charge on any atom is -0.378 e. The molecule has 0 aromatic carbocycles. The summed E-state index contributed by atoms with van der Waals surface area (Å²) in [7, 11) is 0. The van der Waals surface area contributed by atoms with E-state index in [2.05, 4.69) is 32.1 Å². The van der Waals surface area contributed by atoms with Gasteiger partial charge in [-0.05, 0) is 12.3 Å². The molecule has 0 bridgehead atoms. The van der Waals surface area contributed by atoms with Crippen LogP contribution in [0.4, 0.5) is 17.8 Å². The van der Waals surface area contributed by atoms with Gasteiger partial charge in [-0.2, -0.15) is 15.0 Å². The van der Waals surface area contributed by atoms with Crippen LogP contribution < -0.4 is 16.0 Å². The van der Waals surface area contributed by atoms with Crippen LogP contribution >= 0.6 is 0 Å². The largest absolute Gasteiger partial charge is 0.378 e. The molecule has 0 amide bonds. The summed E-state index contributed by atoms with van der Waals surface area (Å²) < 4.78 is 5.31. The van der Waals surface area contributed by atoms with Crippen molar-refractivity contribution in [3.05, 3.63) is 0 Å². The van der Waals surface area contributed by atoms with Gasteiger partial charge in [-0.25, -0.2) is 0 Å². The Labute approximate surface area is 106 Å². The molecule has 1 aliphatic carbocycles. The van der Waals surface area contributed by atoms with Gasteiger partial charge < -0.3 is 20.7 Å². The highest BCUT2D eigenvalue weighted by atomic mass is 16.5. The third-order valence-corrected chi connectivity index (χ3v) is 3.36. The Morgan fingerprint density at radius 2 is 2.00 bits per heavy atom. The molecule has 1 aromatic rings. The Morgan fingerprint density at radius 1 is 1.28 bits per heavy atom. The summed E-state index contributed by atoms with van der Waals surface area (Å²) in [6, 6.07) is 0.476. The van der Waals surface area contributed by atoms with Crippen molar-refractivity contribution in [2.24, 2.45) is 5.92 Å². The van der Waals surface area contributed by atoms with Gasteiger partial charge in [0.25, 0.3) is 0 Å². The Kier molecular flexibility index (Phi) is 2.91. The van der Waals surface area contributed by atoms with Crippen LogP contribution in [0.3, 0.4) is 0 Å². The molecule has 2 unspecified atom stereocenters. The monoisotopic (exact) mass is 250 g/mol. The van der Waals surface area contributed by atoms with Gasteiger partial charge in [0.1, 0.15) is 0 Å². The second-order valence-electron chi connectivity index (χ2n) is 4.88. The van der Waals surface area contributed by atoms with E-state index in [0.717, 1.165) is 13.1 Å². The molecule has 1 saturated carbocycles. The maximum atomic E-state index is 5.74. The van der Waals surface area contributed by atoms with Crippen LogP contribution in [0.15, 0.2) is 0 Å². The van der Waals surface area contributed by atoms with Crippen molar-refractivity contribution in [3.8, 4) is 0 Å². The zero-order valence-electron chi connectivity index (χ0n) is 10.5. The maximum Gasteiger partial charge on any atom is 0.232 e. The third-order valence-electron chi connectivity index (χ3n) is 3.36. The molecular weight excluding hydrogens is 232 g/mol. The summed E-state index contributed by atoms with van der Waals surface area (Å²) >= 11 is 0. The topological polar surface area (TPSA) is 89.2 Å². The zero-order valence-corrected chi connectivity index (χ0v) is 10.5. The number of hydrogen-bond acceptors (Lipinski definition) is 7. The predicted molar refractivity (Wildman–Crippen MR) is 68.5 cm³/mol. The van der Waals surface area contributed by atoms with Crippen molar-refractivity contribution in [2.75, 3.05) is 42.3 Å². The quantitative estimate of drug-likeness (QED) is 0.787. The summed E-state index contributed by atoms with van der Waals surface area (Å²) in [4.78, 5) is 14.8. The fraction of sp³-hybridized carbons (Fsp3) is 0.727. The Morgan fingerprint density at radius 3 is 2.67 bits per heavy atom.